The number of allylic oxidation sites excluding steroid dienone is 1. The topological polar surface area (TPSA) is 79.1 Å². The van der Waals surface area contributed by atoms with Gasteiger partial charge in [-0.2, -0.15) is 0 Å². The van der Waals surface area contributed by atoms with Crippen LogP contribution in [0, 0.1) is 0 Å². The van der Waals surface area contributed by atoms with Crippen LogP contribution in [0.5, 0.6) is 11.5 Å². The fraction of sp³-hybridized carbons (Fsp3) is 0.240. The Hall–Kier alpha value is -3.65. The first kappa shape index (κ1) is 22.5. The molecule has 1 aliphatic rings. The second kappa shape index (κ2) is 9.46. The summed E-state index contributed by atoms with van der Waals surface area (Å²) in [6.45, 7) is 1.93. The van der Waals surface area contributed by atoms with Gasteiger partial charge in [0.2, 0.25) is 0 Å². The molecule has 0 saturated carbocycles. The number of hydrogen-bond donors (Lipinski definition) is 0. The summed E-state index contributed by atoms with van der Waals surface area (Å²) in [6.07, 6.45) is 2.29. The normalized spacial score (nSPS) is 15.6. The van der Waals surface area contributed by atoms with Gasteiger partial charge in [0, 0.05) is 5.56 Å². The first-order valence-corrected chi connectivity index (χ1v) is 11.2. The van der Waals surface area contributed by atoms with E-state index < -0.39 is 12.0 Å². The maximum absolute atomic E-state index is 13.6. The Bertz CT molecular complexity index is 1400. The summed E-state index contributed by atoms with van der Waals surface area (Å²) < 4.78 is 17.9. The highest BCUT2D eigenvalue weighted by atomic mass is 32.1. The summed E-state index contributed by atoms with van der Waals surface area (Å²) in [7, 11) is 4.50. The van der Waals surface area contributed by atoms with Crippen molar-refractivity contribution in [2.24, 2.45) is 4.99 Å². The molecule has 0 fully saturated rings. The number of aromatic nitrogens is 1. The van der Waals surface area contributed by atoms with Crippen LogP contribution in [-0.2, 0) is 9.53 Å². The summed E-state index contributed by atoms with van der Waals surface area (Å²) in [6, 6.07) is 14.2. The zero-order valence-electron chi connectivity index (χ0n) is 18.8. The lowest BCUT2D eigenvalue weighted by atomic mass is 9.95. The number of methoxy groups -OCH3 is 3. The lowest BCUT2D eigenvalue weighted by molar-refractivity contribution is -0.136. The first-order valence-electron chi connectivity index (χ1n) is 10.4. The number of esters is 1. The lowest BCUT2D eigenvalue weighted by Crippen LogP contribution is -2.40. The van der Waals surface area contributed by atoms with Crippen molar-refractivity contribution in [3.63, 3.8) is 0 Å². The minimum absolute atomic E-state index is 0.242. The van der Waals surface area contributed by atoms with Gasteiger partial charge in [0.25, 0.3) is 5.56 Å². The van der Waals surface area contributed by atoms with Gasteiger partial charge >= 0.3 is 5.97 Å². The van der Waals surface area contributed by atoms with Gasteiger partial charge in [-0.3, -0.25) is 9.36 Å². The SMILES string of the molecule is CCC1=C(C(=O)OC)[C@@H](c2ccccc2)n2c(s/c(=C/c3cc(OC)ccc3OC)c2=O)=N1. The van der Waals surface area contributed by atoms with E-state index in [0.717, 1.165) is 5.56 Å². The van der Waals surface area contributed by atoms with Crippen molar-refractivity contribution in [2.45, 2.75) is 19.4 Å². The summed E-state index contributed by atoms with van der Waals surface area (Å²) >= 11 is 1.27. The molecule has 170 valence electrons. The smallest absolute Gasteiger partial charge is 0.338 e. The molecule has 0 saturated heterocycles. The summed E-state index contributed by atoms with van der Waals surface area (Å²) in [5, 5.41) is 0. The molecule has 0 bridgehead atoms. The molecular weight excluding hydrogens is 440 g/mol. The highest BCUT2D eigenvalue weighted by molar-refractivity contribution is 7.07. The number of ether oxygens (including phenoxy) is 3. The van der Waals surface area contributed by atoms with Gasteiger partial charge in [-0.15, -0.1) is 0 Å². The van der Waals surface area contributed by atoms with Crippen molar-refractivity contribution >= 4 is 23.4 Å². The third-order valence-electron chi connectivity index (χ3n) is 5.49. The van der Waals surface area contributed by atoms with E-state index in [-0.39, 0.29) is 5.56 Å². The average molecular weight is 465 g/mol. The van der Waals surface area contributed by atoms with E-state index in [9.17, 15) is 9.59 Å². The molecule has 0 aliphatic carbocycles. The number of benzene rings is 2. The third kappa shape index (κ3) is 4.09. The Morgan fingerprint density at radius 1 is 1.12 bits per heavy atom. The maximum Gasteiger partial charge on any atom is 0.338 e. The van der Waals surface area contributed by atoms with Gasteiger partial charge in [0.1, 0.15) is 11.5 Å². The molecule has 0 radical (unpaired) electrons. The predicted octanol–water partition coefficient (Wildman–Crippen LogP) is 2.82. The van der Waals surface area contributed by atoms with Crippen LogP contribution in [0.2, 0.25) is 0 Å². The van der Waals surface area contributed by atoms with Crippen LogP contribution in [0.15, 0.2) is 69.6 Å². The van der Waals surface area contributed by atoms with Crippen molar-refractivity contribution < 1.29 is 19.0 Å². The fourth-order valence-electron chi connectivity index (χ4n) is 3.91. The van der Waals surface area contributed by atoms with E-state index in [2.05, 4.69) is 4.99 Å². The van der Waals surface area contributed by atoms with Crippen molar-refractivity contribution in [3.05, 3.63) is 90.6 Å². The third-order valence-corrected chi connectivity index (χ3v) is 6.47. The Morgan fingerprint density at radius 3 is 2.52 bits per heavy atom. The number of thiazole rings is 1. The van der Waals surface area contributed by atoms with Crippen LogP contribution in [0.1, 0.15) is 30.5 Å². The van der Waals surface area contributed by atoms with E-state index in [1.54, 1.807) is 37.0 Å². The fourth-order valence-corrected chi connectivity index (χ4v) is 4.92. The highest BCUT2D eigenvalue weighted by Gasteiger charge is 2.33. The number of hydrogen-bond acceptors (Lipinski definition) is 7. The van der Waals surface area contributed by atoms with Crippen LogP contribution < -0.4 is 24.4 Å². The molecular formula is C25H24N2O5S. The lowest BCUT2D eigenvalue weighted by Gasteiger charge is -2.25. The van der Waals surface area contributed by atoms with E-state index in [0.29, 0.717) is 44.1 Å². The van der Waals surface area contributed by atoms with Crippen LogP contribution in [0.4, 0.5) is 0 Å². The van der Waals surface area contributed by atoms with E-state index in [1.807, 2.05) is 43.3 Å². The molecule has 3 aromatic rings. The number of rotatable bonds is 6. The molecule has 33 heavy (non-hydrogen) atoms. The Morgan fingerprint density at radius 2 is 1.88 bits per heavy atom. The van der Waals surface area contributed by atoms with Crippen molar-refractivity contribution in [2.75, 3.05) is 21.3 Å². The number of fused-ring (bicyclic) bond motifs is 1. The molecule has 1 atom stereocenters. The summed E-state index contributed by atoms with van der Waals surface area (Å²) in [5.74, 6) is 0.775. The average Bonchev–Trinajstić information content (AvgIpc) is 3.17. The largest absolute Gasteiger partial charge is 0.497 e. The van der Waals surface area contributed by atoms with Crippen molar-refractivity contribution in [1.82, 2.24) is 4.57 Å². The molecule has 0 amide bonds. The van der Waals surface area contributed by atoms with Gasteiger partial charge < -0.3 is 14.2 Å². The number of carbonyl (C=O) groups is 1. The van der Waals surface area contributed by atoms with Crippen LogP contribution in [0.25, 0.3) is 6.08 Å². The Labute approximate surface area is 194 Å². The maximum atomic E-state index is 13.6. The second-order valence-electron chi connectivity index (χ2n) is 7.31. The molecule has 4 rings (SSSR count). The monoisotopic (exact) mass is 464 g/mol. The van der Waals surface area contributed by atoms with Crippen molar-refractivity contribution in [3.8, 4) is 11.5 Å². The highest BCUT2D eigenvalue weighted by Crippen LogP contribution is 2.31. The predicted molar refractivity (Wildman–Crippen MR) is 126 cm³/mol. The molecule has 1 aliphatic heterocycles. The zero-order valence-corrected chi connectivity index (χ0v) is 19.6. The van der Waals surface area contributed by atoms with Crippen LogP contribution in [0.3, 0.4) is 0 Å². The number of nitrogens with zero attached hydrogens (tertiary/aromatic N) is 2. The summed E-state index contributed by atoms with van der Waals surface area (Å²) in [5.41, 5.74) is 2.27. The van der Waals surface area contributed by atoms with Crippen molar-refractivity contribution in [1.29, 1.82) is 0 Å². The minimum Gasteiger partial charge on any atom is -0.497 e. The van der Waals surface area contributed by atoms with Gasteiger partial charge in [0.05, 0.1) is 43.2 Å². The molecule has 2 aromatic carbocycles. The van der Waals surface area contributed by atoms with Gasteiger partial charge in [-0.05, 0) is 36.3 Å². The molecule has 0 spiro atoms. The summed E-state index contributed by atoms with van der Waals surface area (Å²) in [4.78, 5) is 31.7. The van der Waals surface area contributed by atoms with Gasteiger partial charge in [-0.1, -0.05) is 48.6 Å². The quantitative estimate of drug-likeness (QED) is 0.524. The van der Waals surface area contributed by atoms with Gasteiger partial charge in [-0.25, -0.2) is 9.79 Å². The van der Waals surface area contributed by atoms with Crippen LogP contribution in [-0.4, -0.2) is 31.9 Å². The van der Waals surface area contributed by atoms with Crippen LogP contribution >= 0.6 is 11.3 Å². The molecule has 7 nitrogen and oxygen atoms in total. The zero-order chi connectivity index (χ0) is 23.5. The van der Waals surface area contributed by atoms with E-state index in [1.165, 1.54) is 18.4 Å². The standard InChI is InChI=1S/C25H24N2O5S/c1-5-18-21(24(29)32-4)22(15-9-7-6-8-10-15)27-23(28)20(33-25(27)26-18)14-16-13-17(30-2)11-12-19(16)31-3/h6-14,22H,5H2,1-4H3/b20-14+/t22-/m1/s1. The molecule has 8 heteroatoms. The van der Waals surface area contributed by atoms with E-state index >= 15 is 0 Å². The second-order valence-corrected chi connectivity index (χ2v) is 8.32. The molecule has 0 N–H and O–H groups in total. The Kier molecular flexibility index (Phi) is 6.46. The van der Waals surface area contributed by atoms with Gasteiger partial charge in [0.15, 0.2) is 4.80 Å². The number of carbonyl (C=O) groups excluding carboxylic acids is 1. The molecule has 2 heterocycles. The first-order chi connectivity index (χ1) is 16.0. The Balaban J connectivity index is 2.00. The molecule has 0 unspecified atom stereocenters. The van der Waals surface area contributed by atoms with E-state index in [4.69, 9.17) is 14.2 Å². The minimum atomic E-state index is -0.626. The molecule has 1 aromatic heterocycles.